The smallest absolute Gasteiger partial charge is 0.329 e. The van der Waals surface area contributed by atoms with E-state index in [1.54, 1.807) is 0 Å². The monoisotopic (exact) mass is 274 g/mol. The maximum atomic E-state index is 11.0. The molecule has 0 unspecified atom stereocenters. The molecule has 2 aromatic rings. The summed E-state index contributed by atoms with van der Waals surface area (Å²) in [4.78, 5) is 18.2. The maximum absolute atomic E-state index is 11.0. The number of benzene rings is 1. The number of hydrogen-bond acceptors (Lipinski definition) is 7. The van der Waals surface area contributed by atoms with E-state index in [-0.39, 0.29) is 17.5 Å². The summed E-state index contributed by atoms with van der Waals surface area (Å²) < 4.78 is 0. The molecule has 1 heterocycles. The van der Waals surface area contributed by atoms with Crippen molar-refractivity contribution >= 4 is 23.1 Å². The Hall–Kier alpha value is -2.74. The average Bonchev–Trinajstić information content (AvgIpc) is 2.42. The molecule has 104 valence electrons. The molecule has 0 amide bonds. The molecule has 20 heavy (non-hydrogen) atoms. The van der Waals surface area contributed by atoms with Crippen molar-refractivity contribution in [3.63, 3.8) is 0 Å². The predicted molar refractivity (Wildman–Crippen MR) is 75.7 cm³/mol. The Morgan fingerprint density at radius 1 is 1.35 bits per heavy atom. The quantitative estimate of drug-likeness (QED) is 0.443. The number of rotatable bonds is 4. The highest BCUT2D eigenvalue weighted by Crippen LogP contribution is 2.27. The van der Waals surface area contributed by atoms with Crippen molar-refractivity contribution in [2.75, 3.05) is 10.7 Å². The van der Waals surface area contributed by atoms with Crippen LogP contribution in [-0.2, 0) is 0 Å². The van der Waals surface area contributed by atoms with Crippen LogP contribution in [0.4, 0.5) is 23.1 Å². The fraction of sp³-hybridized carbons (Fsp3) is 0.167. The Kier molecular flexibility index (Phi) is 3.76. The van der Waals surface area contributed by atoms with E-state index in [4.69, 9.17) is 5.84 Å². The van der Waals surface area contributed by atoms with Gasteiger partial charge in [0, 0.05) is 5.69 Å². The molecule has 0 fully saturated rings. The van der Waals surface area contributed by atoms with Crippen LogP contribution in [0.25, 0.3) is 0 Å². The van der Waals surface area contributed by atoms with Crippen LogP contribution in [0.1, 0.15) is 11.1 Å². The molecule has 0 bridgehead atoms. The van der Waals surface area contributed by atoms with Gasteiger partial charge in [0.05, 0.1) is 4.92 Å². The normalized spacial score (nSPS) is 10.2. The van der Waals surface area contributed by atoms with Gasteiger partial charge in [0.15, 0.2) is 0 Å². The number of aryl methyl sites for hydroxylation is 2. The Morgan fingerprint density at radius 2 is 2.10 bits per heavy atom. The Morgan fingerprint density at radius 3 is 2.75 bits per heavy atom. The van der Waals surface area contributed by atoms with Crippen LogP contribution in [0.3, 0.4) is 0 Å². The van der Waals surface area contributed by atoms with Crippen molar-refractivity contribution in [1.82, 2.24) is 9.97 Å². The van der Waals surface area contributed by atoms with E-state index in [1.807, 2.05) is 32.0 Å². The fourth-order valence-corrected chi connectivity index (χ4v) is 1.67. The van der Waals surface area contributed by atoms with Crippen LogP contribution in [-0.4, -0.2) is 14.9 Å². The zero-order chi connectivity index (χ0) is 14.7. The van der Waals surface area contributed by atoms with Gasteiger partial charge in [-0.2, -0.15) is 4.98 Å². The molecule has 1 aromatic carbocycles. The Bertz CT molecular complexity index is 658. The van der Waals surface area contributed by atoms with Crippen LogP contribution in [0.15, 0.2) is 24.4 Å². The molecule has 8 heteroatoms. The minimum absolute atomic E-state index is 0.0895. The number of anilines is 3. The summed E-state index contributed by atoms with van der Waals surface area (Å²) in [5.74, 6) is 5.41. The van der Waals surface area contributed by atoms with Crippen molar-refractivity contribution in [2.45, 2.75) is 13.8 Å². The molecule has 0 spiro atoms. The molecule has 0 aliphatic carbocycles. The first-order valence-electron chi connectivity index (χ1n) is 5.83. The lowest BCUT2D eigenvalue weighted by Gasteiger charge is -2.10. The predicted octanol–water partition coefficient (Wildman–Crippen LogP) is 2.03. The largest absolute Gasteiger partial charge is 0.334 e. The molecule has 0 radical (unpaired) electrons. The summed E-state index contributed by atoms with van der Waals surface area (Å²) in [6.45, 7) is 3.84. The van der Waals surface area contributed by atoms with Gasteiger partial charge in [-0.05, 0) is 31.0 Å². The van der Waals surface area contributed by atoms with E-state index in [2.05, 4.69) is 20.7 Å². The number of nitrogens with zero attached hydrogens (tertiary/aromatic N) is 3. The lowest BCUT2D eigenvalue weighted by Crippen LogP contribution is -2.12. The van der Waals surface area contributed by atoms with Crippen molar-refractivity contribution in [1.29, 1.82) is 0 Å². The summed E-state index contributed by atoms with van der Waals surface area (Å²) in [6.07, 6.45) is 1.11. The number of nitrogens with one attached hydrogen (secondary N) is 2. The van der Waals surface area contributed by atoms with Gasteiger partial charge in [-0.1, -0.05) is 12.1 Å². The molecule has 0 atom stereocenters. The highest BCUT2D eigenvalue weighted by Gasteiger charge is 2.17. The second-order valence-electron chi connectivity index (χ2n) is 4.27. The topological polar surface area (TPSA) is 119 Å². The molecule has 2 rings (SSSR count). The van der Waals surface area contributed by atoms with Crippen molar-refractivity contribution in [3.8, 4) is 0 Å². The molecule has 8 nitrogen and oxygen atoms in total. The number of hydrogen-bond donors (Lipinski definition) is 3. The van der Waals surface area contributed by atoms with Gasteiger partial charge >= 0.3 is 5.69 Å². The standard InChI is InChI=1S/C12H14N6O2/c1-7-3-4-8(2)9(5-7)15-11-10(18(19)20)6-14-12(16-11)17-13/h3-6H,13H2,1-2H3,(H2,14,15,16,17). The van der Waals surface area contributed by atoms with Gasteiger partial charge < -0.3 is 5.32 Å². The van der Waals surface area contributed by atoms with Gasteiger partial charge in [-0.15, -0.1) is 0 Å². The van der Waals surface area contributed by atoms with Crippen LogP contribution in [0.2, 0.25) is 0 Å². The Balaban J connectivity index is 2.45. The second kappa shape index (κ2) is 5.49. The zero-order valence-electron chi connectivity index (χ0n) is 11.0. The van der Waals surface area contributed by atoms with Crippen molar-refractivity contribution in [2.24, 2.45) is 5.84 Å². The van der Waals surface area contributed by atoms with E-state index in [0.717, 1.165) is 23.0 Å². The van der Waals surface area contributed by atoms with Gasteiger partial charge in [-0.25, -0.2) is 10.8 Å². The van der Waals surface area contributed by atoms with Crippen LogP contribution in [0, 0.1) is 24.0 Å². The number of hydrazine groups is 1. The molecular weight excluding hydrogens is 260 g/mol. The number of nitro groups is 1. The van der Waals surface area contributed by atoms with Gasteiger partial charge in [-0.3, -0.25) is 15.5 Å². The highest BCUT2D eigenvalue weighted by molar-refractivity contribution is 5.68. The minimum Gasteiger partial charge on any atom is -0.334 e. The summed E-state index contributed by atoms with van der Waals surface area (Å²) in [5, 5.41) is 13.9. The van der Waals surface area contributed by atoms with Crippen molar-refractivity contribution in [3.05, 3.63) is 45.6 Å². The first kappa shape index (κ1) is 13.7. The minimum atomic E-state index is -0.548. The molecule has 1 aromatic heterocycles. The molecule has 0 aliphatic heterocycles. The molecule has 4 N–H and O–H groups in total. The van der Waals surface area contributed by atoms with Gasteiger partial charge in [0.25, 0.3) is 0 Å². The van der Waals surface area contributed by atoms with E-state index >= 15 is 0 Å². The number of nitrogen functional groups attached to an aromatic ring is 1. The molecular formula is C12H14N6O2. The van der Waals surface area contributed by atoms with Crippen molar-refractivity contribution < 1.29 is 4.92 Å². The Labute approximate surface area is 115 Å². The third-order valence-electron chi connectivity index (χ3n) is 2.74. The van der Waals surface area contributed by atoms with Crippen LogP contribution >= 0.6 is 0 Å². The molecule has 0 saturated carbocycles. The SMILES string of the molecule is Cc1ccc(C)c(Nc2nc(NN)ncc2[N+](=O)[O-])c1. The first-order chi connectivity index (χ1) is 9.51. The lowest BCUT2D eigenvalue weighted by molar-refractivity contribution is -0.384. The van der Waals surface area contributed by atoms with Crippen LogP contribution in [0.5, 0.6) is 0 Å². The third-order valence-corrected chi connectivity index (χ3v) is 2.74. The number of nitrogens with two attached hydrogens (primary N) is 1. The summed E-state index contributed by atoms with van der Waals surface area (Å²) in [7, 11) is 0. The molecule has 0 saturated heterocycles. The van der Waals surface area contributed by atoms with E-state index in [1.165, 1.54) is 0 Å². The van der Waals surface area contributed by atoms with Gasteiger partial charge in [0.2, 0.25) is 11.8 Å². The van der Waals surface area contributed by atoms with E-state index in [0.29, 0.717) is 0 Å². The summed E-state index contributed by atoms with van der Waals surface area (Å²) in [5.41, 5.74) is 4.77. The lowest BCUT2D eigenvalue weighted by atomic mass is 10.1. The van der Waals surface area contributed by atoms with Crippen LogP contribution < -0.4 is 16.6 Å². The summed E-state index contributed by atoms with van der Waals surface area (Å²) in [6, 6.07) is 5.77. The first-order valence-corrected chi connectivity index (χ1v) is 5.83. The highest BCUT2D eigenvalue weighted by atomic mass is 16.6. The maximum Gasteiger partial charge on any atom is 0.329 e. The third kappa shape index (κ3) is 2.81. The van der Waals surface area contributed by atoms with E-state index in [9.17, 15) is 10.1 Å². The average molecular weight is 274 g/mol. The molecule has 0 aliphatic rings. The fourth-order valence-electron chi connectivity index (χ4n) is 1.67. The zero-order valence-corrected chi connectivity index (χ0v) is 11.0. The van der Waals surface area contributed by atoms with Gasteiger partial charge in [0.1, 0.15) is 6.20 Å². The number of aromatic nitrogens is 2. The van der Waals surface area contributed by atoms with E-state index < -0.39 is 4.92 Å². The second-order valence-corrected chi connectivity index (χ2v) is 4.27. The summed E-state index contributed by atoms with van der Waals surface area (Å²) >= 11 is 0.